The molecule has 0 amide bonds. The molecule has 3 rings (SSSR count). The average Bonchev–Trinajstić information content (AvgIpc) is 2.83. The molecule has 1 heterocycles. The molecular formula is C28H41FN2O. The van der Waals surface area contributed by atoms with Crippen LogP contribution in [-0.2, 0) is 6.42 Å². The van der Waals surface area contributed by atoms with Crippen LogP contribution in [0.25, 0.3) is 11.3 Å². The van der Waals surface area contributed by atoms with E-state index in [1.54, 1.807) is 12.1 Å². The molecule has 1 saturated carbocycles. The summed E-state index contributed by atoms with van der Waals surface area (Å²) in [6.45, 7) is 4.95. The fourth-order valence-electron chi connectivity index (χ4n) is 4.87. The summed E-state index contributed by atoms with van der Waals surface area (Å²) in [6.07, 6.45) is 16.6. The lowest BCUT2D eigenvalue weighted by molar-refractivity contribution is 0.248. The smallest absolute Gasteiger partial charge is 0.233 e. The van der Waals surface area contributed by atoms with Gasteiger partial charge >= 0.3 is 0 Å². The first-order valence-corrected chi connectivity index (χ1v) is 12.9. The van der Waals surface area contributed by atoms with Gasteiger partial charge in [-0.15, -0.1) is 10.2 Å². The average molecular weight is 441 g/mol. The van der Waals surface area contributed by atoms with Crippen molar-refractivity contribution in [2.24, 2.45) is 11.8 Å². The second-order valence-electron chi connectivity index (χ2n) is 9.54. The van der Waals surface area contributed by atoms with Gasteiger partial charge in [-0.1, -0.05) is 90.2 Å². The monoisotopic (exact) mass is 440 g/mol. The number of hydrogen-bond donors (Lipinski definition) is 0. The molecule has 0 bridgehead atoms. The summed E-state index contributed by atoms with van der Waals surface area (Å²) in [4.78, 5) is 0. The van der Waals surface area contributed by atoms with Gasteiger partial charge < -0.3 is 4.74 Å². The fraction of sp³-hybridized carbons (Fsp3) is 0.643. The number of ether oxygens (including phenoxy) is 1. The van der Waals surface area contributed by atoms with Crippen LogP contribution in [0.1, 0.15) is 96.5 Å². The Labute approximate surface area is 194 Å². The van der Waals surface area contributed by atoms with Gasteiger partial charge in [0.15, 0.2) is 0 Å². The molecule has 0 saturated heterocycles. The second-order valence-corrected chi connectivity index (χ2v) is 9.54. The van der Waals surface area contributed by atoms with Gasteiger partial charge in [-0.05, 0) is 48.8 Å². The van der Waals surface area contributed by atoms with E-state index in [4.69, 9.17) is 4.74 Å². The number of rotatable bonds is 13. The summed E-state index contributed by atoms with van der Waals surface area (Å²) in [5, 5.41) is 8.28. The van der Waals surface area contributed by atoms with Gasteiger partial charge in [0, 0.05) is 11.6 Å². The minimum atomic E-state index is -0.128. The Balaban J connectivity index is 1.42. The van der Waals surface area contributed by atoms with Crippen molar-refractivity contribution in [3.63, 3.8) is 0 Å². The quantitative estimate of drug-likeness (QED) is 0.295. The number of aromatic nitrogens is 2. The highest BCUT2D eigenvalue weighted by molar-refractivity contribution is 5.59. The van der Waals surface area contributed by atoms with Gasteiger partial charge in [-0.2, -0.15) is 0 Å². The van der Waals surface area contributed by atoms with Crippen LogP contribution in [0.4, 0.5) is 4.39 Å². The summed E-state index contributed by atoms with van der Waals surface area (Å²) in [6, 6.07) is 9.13. The molecule has 2 aromatic rings. The van der Waals surface area contributed by atoms with Crippen molar-refractivity contribution in [1.29, 1.82) is 0 Å². The fourth-order valence-corrected chi connectivity index (χ4v) is 4.87. The Hall–Kier alpha value is -1.97. The minimum Gasteiger partial charge on any atom is -0.477 e. The van der Waals surface area contributed by atoms with Crippen molar-refractivity contribution in [3.8, 4) is 17.1 Å². The highest BCUT2D eigenvalue weighted by atomic mass is 19.1. The summed E-state index contributed by atoms with van der Waals surface area (Å²) >= 11 is 0. The first kappa shape index (κ1) is 24.7. The van der Waals surface area contributed by atoms with Crippen LogP contribution in [0, 0.1) is 17.7 Å². The second kappa shape index (κ2) is 13.5. The molecule has 0 atom stereocenters. The topological polar surface area (TPSA) is 35.0 Å². The largest absolute Gasteiger partial charge is 0.477 e. The lowest BCUT2D eigenvalue weighted by Crippen LogP contribution is -2.15. The third-order valence-electron chi connectivity index (χ3n) is 6.95. The Bertz CT molecular complexity index is 785. The zero-order valence-electron chi connectivity index (χ0n) is 20.1. The number of benzene rings is 1. The summed E-state index contributed by atoms with van der Waals surface area (Å²) < 4.78 is 20.2. The van der Waals surface area contributed by atoms with Gasteiger partial charge in [0.25, 0.3) is 0 Å². The zero-order valence-corrected chi connectivity index (χ0v) is 20.1. The SMILES string of the molecule is CCCCCCCC1CCC(CCc2ccc(-c3ccc(OCCC)nn3)cc2F)CC1. The van der Waals surface area contributed by atoms with Crippen LogP contribution in [0.15, 0.2) is 30.3 Å². The van der Waals surface area contributed by atoms with Crippen LogP contribution >= 0.6 is 0 Å². The van der Waals surface area contributed by atoms with Crippen molar-refractivity contribution >= 4 is 0 Å². The van der Waals surface area contributed by atoms with E-state index >= 15 is 0 Å². The summed E-state index contributed by atoms with van der Waals surface area (Å²) in [5.41, 5.74) is 2.26. The third kappa shape index (κ3) is 7.86. The van der Waals surface area contributed by atoms with E-state index in [2.05, 4.69) is 17.1 Å². The normalized spacial score (nSPS) is 18.6. The lowest BCUT2D eigenvalue weighted by Gasteiger charge is -2.28. The van der Waals surface area contributed by atoms with Gasteiger partial charge in [-0.3, -0.25) is 0 Å². The van der Waals surface area contributed by atoms with E-state index in [0.717, 1.165) is 42.2 Å². The van der Waals surface area contributed by atoms with Crippen LogP contribution in [0.2, 0.25) is 0 Å². The zero-order chi connectivity index (χ0) is 22.6. The standard InChI is InChI=1S/C28H41FN2O/c1-3-5-6-7-8-9-22-10-12-23(13-11-22)14-15-24-16-17-25(21-26(24)29)27-18-19-28(31-30-27)32-20-4-2/h16-19,21-23H,3-15,20H2,1-2H3. The predicted molar refractivity (Wildman–Crippen MR) is 130 cm³/mol. The molecule has 0 aliphatic heterocycles. The molecule has 1 aromatic carbocycles. The summed E-state index contributed by atoms with van der Waals surface area (Å²) in [7, 11) is 0. The molecule has 0 N–H and O–H groups in total. The maximum Gasteiger partial charge on any atom is 0.233 e. The molecule has 3 nitrogen and oxygen atoms in total. The molecule has 0 unspecified atom stereocenters. The molecule has 176 valence electrons. The van der Waals surface area contributed by atoms with Gasteiger partial charge in [0.05, 0.1) is 12.3 Å². The molecule has 0 radical (unpaired) electrons. The summed E-state index contributed by atoms with van der Waals surface area (Å²) in [5.74, 6) is 2.07. The highest BCUT2D eigenvalue weighted by Gasteiger charge is 2.21. The number of hydrogen-bond acceptors (Lipinski definition) is 3. The van der Waals surface area contributed by atoms with Crippen LogP contribution in [0.3, 0.4) is 0 Å². The molecule has 0 spiro atoms. The van der Waals surface area contributed by atoms with Crippen LogP contribution in [0.5, 0.6) is 5.88 Å². The highest BCUT2D eigenvalue weighted by Crippen LogP contribution is 2.34. The number of halogens is 1. The van der Waals surface area contributed by atoms with Crippen molar-refractivity contribution < 1.29 is 9.13 Å². The van der Waals surface area contributed by atoms with Crippen molar-refractivity contribution in [1.82, 2.24) is 10.2 Å². The molecule has 1 aliphatic rings. The Morgan fingerprint density at radius 2 is 1.59 bits per heavy atom. The first-order valence-electron chi connectivity index (χ1n) is 12.9. The molecule has 32 heavy (non-hydrogen) atoms. The van der Waals surface area contributed by atoms with Gasteiger partial charge in [0.1, 0.15) is 5.82 Å². The predicted octanol–water partition coefficient (Wildman–Crippen LogP) is 8.17. The number of aryl methyl sites for hydroxylation is 1. The minimum absolute atomic E-state index is 0.128. The van der Waals surface area contributed by atoms with Gasteiger partial charge in [0.2, 0.25) is 5.88 Å². The molecule has 1 fully saturated rings. The lowest BCUT2D eigenvalue weighted by atomic mass is 9.77. The van der Waals surface area contributed by atoms with E-state index < -0.39 is 0 Å². The van der Waals surface area contributed by atoms with E-state index in [9.17, 15) is 4.39 Å². The Kier molecular flexibility index (Phi) is 10.4. The van der Waals surface area contributed by atoms with Crippen LogP contribution in [-0.4, -0.2) is 16.8 Å². The molecular weight excluding hydrogens is 399 g/mol. The number of unbranched alkanes of at least 4 members (excludes halogenated alkanes) is 4. The Morgan fingerprint density at radius 3 is 2.25 bits per heavy atom. The maximum absolute atomic E-state index is 14.8. The van der Waals surface area contributed by atoms with E-state index in [0.29, 0.717) is 18.2 Å². The van der Waals surface area contributed by atoms with E-state index in [1.165, 1.54) is 64.2 Å². The van der Waals surface area contributed by atoms with Crippen molar-refractivity contribution in [2.45, 2.75) is 97.3 Å². The molecule has 1 aliphatic carbocycles. The molecule has 1 aromatic heterocycles. The van der Waals surface area contributed by atoms with E-state index in [-0.39, 0.29) is 5.82 Å². The third-order valence-corrected chi connectivity index (χ3v) is 6.95. The number of nitrogens with zero attached hydrogens (tertiary/aromatic N) is 2. The molecule has 4 heteroatoms. The van der Waals surface area contributed by atoms with E-state index in [1.807, 2.05) is 25.1 Å². The maximum atomic E-state index is 14.8. The first-order chi connectivity index (χ1) is 15.7. The Morgan fingerprint density at radius 1 is 0.844 bits per heavy atom. The van der Waals surface area contributed by atoms with Crippen molar-refractivity contribution in [2.75, 3.05) is 6.61 Å². The van der Waals surface area contributed by atoms with Crippen LogP contribution < -0.4 is 4.74 Å². The van der Waals surface area contributed by atoms with Crippen molar-refractivity contribution in [3.05, 3.63) is 41.7 Å². The van der Waals surface area contributed by atoms with Gasteiger partial charge in [-0.25, -0.2) is 4.39 Å².